The number of nitrogens with zero attached hydrogens (tertiary/aromatic N) is 2. The summed E-state index contributed by atoms with van der Waals surface area (Å²) in [7, 11) is 1.61. The van der Waals surface area contributed by atoms with Crippen LogP contribution in [0.15, 0.2) is 42.6 Å². The number of benzene rings is 1. The Bertz CT molecular complexity index is 805. The van der Waals surface area contributed by atoms with Crippen molar-refractivity contribution in [3.63, 3.8) is 0 Å². The molecule has 2 amide bonds. The first kappa shape index (κ1) is 18.9. The van der Waals surface area contributed by atoms with E-state index >= 15 is 0 Å². The van der Waals surface area contributed by atoms with Crippen LogP contribution >= 0.6 is 0 Å². The van der Waals surface area contributed by atoms with E-state index in [9.17, 15) is 9.59 Å². The number of hydrogen-bond acceptors (Lipinski definition) is 4. The molecule has 1 atom stereocenters. The van der Waals surface area contributed by atoms with E-state index in [1.165, 1.54) is 6.20 Å². The lowest BCUT2D eigenvalue weighted by molar-refractivity contribution is 0.0677. The number of hydrogen-bond donors (Lipinski definition) is 1. The minimum absolute atomic E-state index is 0.105. The van der Waals surface area contributed by atoms with Crippen molar-refractivity contribution in [1.82, 2.24) is 15.2 Å². The van der Waals surface area contributed by atoms with E-state index in [1.54, 1.807) is 19.2 Å². The van der Waals surface area contributed by atoms with Crippen molar-refractivity contribution in [1.29, 1.82) is 0 Å². The van der Waals surface area contributed by atoms with Crippen molar-refractivity contribution in [2.75, 3.05) is 20.2 Å². The minimum Gasteiger partial charge on any atom is -0.497 e. The van der Waals surface area contributed by atoms with Gasteiger partial charge in [0, 0.05) is 31.4 Å². The number of likely N-dealkylation sites (tertiary alicyclic amines) is 1. The molecule has 2 heterocycles. The Balaban J connectivity index is 1.63. The molecule has 1 aromatic carbocycles. The van der Waals surface area contributed by atoms with Crippen LogP contribution < -0.4 is 10.1 Å². The Morgan fingerprint density at radius 3 is 2.74 bits per heavy atom. The van der Waals surface area contributed by atoms with Gasteiger partial charge in [-0.05, 0) is 48.6 Å². The van der Waals surface area contributed by atoms with Gasteiger partial charge in [0.25, 0.3) is 11.8 Å². The molecule has 6 heteroatoms. The maximum atomic E-state index is 12.7. The second kappa shape index (κ2) is 8.66. The van der Waals surface area contributed by atoms with E-state index in [2.05, 4.69) is 17.2 Å². The highest BCUT2D eigenvalue weighted by molar-refractivity contribution is 5.98. The molecule has 0 radical (unpaired) electrons. The quantitative estimate of drug-likeness (QED) is 0.882. The number of methoxy groups -OCH3 is 1. The Kier molecular flexibility index (Phi) is 6.06. The summed E-state index contributed by atoms with van der Waals surface area (Å²) in [5.41, 5.74) is 1.73. The average Bonchev–Trinajstić information content (AvgIpc) is 2.72. The molecule has 1 saturated heterocycles. The number of carbonyl (C=O) groups excluding carboxylic acids is 2. The third-order valence-electron chi connectivity index (χ3n) is 4.80. The van der Waals surface area contributed by atoms with Gasteiger partial charge < -0.3 is 15.0 Å². The molecule has 6 nitrogen and oxygen atoms in total. The van der Waals surface area contributed by atoms with Crippen molar-refractivity contribution < 1.29 is 14.3 Å². The number of aromatic nitrogens is 1. The summed E-state index contributed by atoms with van der Waals surface area (Å²) in [4.78, 5) is 31.1. The fraction of sp³-hybridized carbons (Fsp3) is 0.381. The number of rotatable bonds is 5. The van der Waals surface area contributed by atoms with Gasteiger partial charge in [-0.2, -0.15) is 0 Å². The molecule has 3 rings (SSSR count). The van der Waals surface area contributed by atoms with Crippen molar-refractivity contribution in [3.8, 4) is 5.75 Å². The summed E-state index contributed by atoms with van der Waals surface area (Å²) in [5.74, 6) is 0.939. The molecule has 27 heavy (non-hydrogen) atoms. The zero-order chi connectivity index (χ0) is 19.2. The van der Waals surface area contributed by atoms with Gasteiger partial charge in [0.05, 0.1) is 7.11 Å². The average molecular weight is 367 g/mol. The lowest BCUT2D eigenvalue weighted by Gasteiger charge is -2.30. The van der Waals surface area contributed by atoms with Crippen LogP contribution in [0.3, 0.4) is 0 Å². The van der Waals surface area contributed by atoms with Crippen LogP contribution in [0.1, 0.15) is 46.2 Å². The SMILES string of the molecule is COc1ccc(CNC(=O)c2ccnc(C(=O)N3CCCC(C)C3)c2)cc1. The standard InChI is InChI=1S/C21H25N3O3/c1-15-4-3-11-24(14-15)21(26)19-12-17(9-10-22-19)20(25)23-13-16-5-7-18(27-2)8-6-16/h5-10,12,15H,3-4,11,13-14H2,1-2H3,(H,23,25). The van der Waals surface area contributed by atoms with Crippen LogP contribution in [0.2, 0.25) is 0 Å². The maximum Gasteiger partial charge on any atom is 0.272 e. The maximum absolute atomic E-state index is 12.7. The van der Waals surface area contributed by atoms with Crippen molar-refractivity contribution in [2.45, 2.75) is 26.3 Å². The highest BCUT2D eigenvalue weighted by Gasteiger charge is 2.23. The Labute approximate surface area is 159 Å². The first-order chi connectivity index (χ1) is 13.1. The second-order valence-corrected chi connectivity index (χ2v) is 6.96. The van der Waals surface area contributed by atoms with E-state index < -0.39 is 0 Å². The summed E-state index contributed by atoms with van der Waals surface area (Å²) >= 11 is 0. The number of ether oxygens (including phenoxy) is 1. The largest absolute Gasteiger partial charge is 0.497 e. The van der Waals surface area contributed by atoms with Gasteiger partial charge >= 0.3 is 0 Å². The van der Waals surface area contributed by atoms with Gasteiger partial charge in [0.15, 0.2) is 0 Å². The minimum atomic E-state index is -0.228. The molecule has 2 aromatic rings. The van der Waals surface area contributed by atoms with E-state index in [0.29, 0.717) is 23.7 Å². The van der Waals surface area contributed by atoms with Crippen LogP contribution in [0.4, 0.5) is 0 Å². The van der Waals surface area contributed by atoms with E-state index in [0.717, 1.165) is 37.2 Å². The molecule has 1 aliphatic rings. The monoisotopic (exact) mass is 367 g/mol. The van der Waals surface area contributed by atoms with Crippen LogP contribution in [-0.2, 0) is 6.54 Å². The summed E-state index contributed by atoms with van der Waals surface area (Å²) in [6.07, 6.45) is 3.67. The number of carbonyl (C=O) groups is 2. The van der Waals surface area contributed by atoms with Crippen LogP contribution in [0, 0.1) is 5.92 Å². The number of pyridine rings is 1. The third kappa shape index (κ3) is 4.84. The number of piperidine rings is 1. The van der Waals surface area contributed by atoms with Gasteiger partial charge in [0.1, 0.15) is 11.4 Å². The zero-order valence-corrected chi connectivity index (χ0v) is 15.8. The summed E-state index contributed by atoms with van der Waals surface area (Å²) in [6, 6.07) is 10.7. The predicted octanol–water partition coefficient (Wildman–Crippen LogP) is 2.89. The molecule has 0 spiro atoms. The Morgan fingerprint density at radius 2 is 2.04 bits per heavy atom. The molecular formula is C21H25N3O3. The van der Waals surface area contributed by atoms with Crippen molar-refractivity contribution in [3.05, 3.63) is 59.4 Å². The highest BCUT2D eigenvalue weighted by Crippen LogP contribution is 2.18. The van der Waals surface area contributed by atoms with E-state index in [4.69, 9.17) is 4.74 Å². The first-order valence-electron chi connectivity index (χ1n) is 9.23. The van der Waals surface area contributed by atoms with Crippen LogP contribution in [0.25, 0.3) is 0 Å². The molecule has 1 unspecified atom stereocenters. The van der Waals surface area contributed by atoms with E-state index in [1.807, 2.05) is 29.2 Å². The first-order valence-corrected chi connectivity index (χ1v) is 9.23. The molecule has 1 aliphatic heterocycles. The number of amides is 2. The zero-order valence-electron chi connectivity index (χ0n) is 15.8. The van der Waals surface area contributed by atoms with Crippen molar-refractivity contribution in [2.24, 2.45) is 5.92 Å². The lowest BCUT2D eigenvalue weighted by Crippen LogP contribution is -2.39. The number of nitrogens with one attached hydrogen (secondary N) is 1. The van der Waals surface area contributed by atoms with Crippen LogP contribution in [-0.4, -0.2) is 41.9 Å². The topological polar surface area (TPSA) is 71.5 Å². The van der Waals surface area contributed by atoms with Gasteiger partial charge in [-0.3, -0.25) is 14.6 Å². The van der Waals surface area contributed by atoms with E-state index in [-0.39, 0.29) is 11.8 Å². The Hall–Kier alpha value is -2.89. The molecule has 142 valence electrons. The molecule has 1 aromatic heterocycles. The smallest absolute Gasteiger partial charge is 0.272 e. The summed E-state index contributed by atoms with van der Waals surface area (Å²) < 4.78 is 5.13. The summed E-state index contributed by atoms with van der Waals surface area (Å²) in [5, 5.41) is 2.87. The molecule has 1 N–H and O–H groups in total. The fourth-order valence-corrected chi connectivity index (χ4v) is 3.25. The predicted molar refractivity (Wildman–Crippen MR) is 103 cm³/mol. The molecular weight excluding hydrogens is 342 g/mol. The lowest BCUT2D eigenvalue weighted by atomic mass is 10.00. The molecule has 1 fully saturated rings. The third-order valence-corrected chi connectivity index (χ3v) is 4.80. The van der Waals surface area contributed by atoms with Gasteiger partial charge in [-0.15, -0.1) is 0 Å². The fourth-order valence-electron chi connectivity index (χ4n) is 3.25. The van der Waals surface area contributed by atoms with Gasteiger partial charge in [0.2, 0.25) is 0 Å². The van der Waals surface area contributed by atoms with Gasteiger partial charge in [-0.1, -0.05) is 19.1 Å². The molecule has 0 saturated carbocycles. The summed E-state index contributed by atoms with van der Waals surface area (Å²) in [6.45, 7) is 4.04. The molecule has 0 aliphatic carbocycles. The van der Waals surface area contributed by atoms with Crippen molar-refractivity contribution >= 4 is 11.8 Å². The van der Waals surface area contributed by atoms with Gasteiger partial charge in [-0.25, -0.2) is 0 Å². The highest BCUT2D eigenvalue weighted by atomic mass is 16.5. The second-order valence-electron chi connectivity index (χ2n) is 6.96. The van der Waals surface area contributed by atoms with Crippen LogP contribution in [0.5, 0.6) is 5.75 Å². The normalized spacial score (nSPS) is 16.7. The molecule has 0 bridgehead atoms. The Morgan fingerprint density at radius 1 is 1.26 bits per heavy atom.